The van der Waals surface area contributed by atoms with Gasteiger partial charge in [-0.2, -0.15) is 0 Å². The van der Waals surface area contributed by atoms with E-state index in [4.69, 9.17) is 9.47 Å². The summed E-state index contributed by atoms with van der Waals surface area (Å²) < 4.78 is 33.0. The Hall–Kier alpha value is -0.170. The summed E-state index contributed by atoms with van der Waals surface area (Å²) in [5, 5.41) is 3.14. The van der Waals surface area contributed by atoms with Crippen molar-refractivity contribution in [3.63, 3.8) is 0 Å². The highest BCUT2D eigenvalue weighted by Gasteiger charge is 2.07. The van der Waals surface area contributed by atoms with Crippen LogP contribution in [0.5, 0.6) is 0 Å². The predicted molar refractivity (Wildman–Crippen MR) is 73.7 cm³/mol. The number of hydrogen-bond donors (Lipinski definition) is 1. The van der Waals surface area contributed by atoms with E-state index in [-0.39, 0.29) is 5.75 Å². The fourth-order valence-electron chi connectivity index (χ4n) is 1.46. The van der Waals surface area contributed by atoms with E-state index in [1.807, 2.05) is 6.92 Å². The van der Waals surface area contributed by atoms with E-state index < -0.39 is 9.84 Å². The summed E-state index contributed by atoms with van der Waals surface area (Å²) in [4.78, 5) is 0. The van der Waals surface area contributed by atoms with Crippen molar-refractivity contribution in [2.24, 2.45) is 0 Å². The second-order valence-corrected chi connectivity index (χ2v) is 6.52. The molecule has 0 aromatic carbocycles. The van der Waals surface area contributed by atoms with Crippen molar-refractivity contribution in [3.8, 4) is 0 Å². The third-order valence-corrected chi connectivity index (χ3v) is 4.29. The van der Waals surface area contributed by atoms with Gasteiger partial charge in [0, 0.05) is 26.0 Å². The number of rotatable bonds is 13. The van der Waals surface area contributed by atoms with Gasteiger partial charge in [0.1, 0.15) is 0 Å². The quantitative estimate of drug-likeness (QED) is 0.507. The molecule has 0 amide bonds. The number of nitrogens with one attached hydrogen (secondary N) is 1. The molecule has 0 bridgehead atoms. The van der Waals surface area contributed by atoms with Crippen LogP contribution >= 0.6 is 0 Å². The molecule has 18 heavy (non-hydrogen) atoms. The maximum absolute atomic E-state index is 11.4. The van der Waals surface area contributed by atoms with E-state index in [2.05, 4.69) is 5.32 Å². The Morgan fingerprint density at radius 2 is 1.78 bits per heavy atom. The first-order valence-corrected chi connectivity index (χ1v) is 8.42. The Kier molecular flexibility index (Phi) is 11.8. The molecule has 0 aliphatic rings. The lowest BCUT2D eigenvalue weighted by atomic mass is 10.3. The molecule has 0 aliphatic carbocycles. The van der Waals surface area contributed by atoms with E-state index in [1.54, 1.807) is 7.11 Å². The summed E-state index contributed by atoms with van der Waals surface area (Å²) in [7, 11) is -1.19. The van der Waals surface area contributed by atoms with Gasteiger partial charge in [0.25, 0.3) is 0 Å². The molecule has 0 atom stereocenters. The summed E-state index contributed by atoms with van der Waals surface area (Å²) in [5.41, 5.74) is 0. The summed E-state index contributed by atoms with van der Waals surface area (Å²) in [6.45, 7) is 5.28. The highest BCUT2D eigenvalue weighted by molar-refractivity contribution is 7.91. The summed E-state index contributed by atoms with van der Waals surface area (Å²) in [5.74, 6) is 0.535. The summed E-state index contributed by atoms with van der Waals surface area (Å²) >= 11 is 0. The third-order valence-electron chi connectivity index (χ3n) is 2.43. The van der Waals surface area contributed by atoms with Crippen LogP contribution in [0.15, 0.2) is 0 Å². The van der Waals surface area contributed by atoms with Crippen molar-refractivity contribution in [2.75, 3.05) is 51.5 Å². The van der Waals surface area contributed by atoms with Crippen molar-refractivity contribution >= 4 is 9.84 Å². The van der Waals surface area contributed by atoms with E-state index in [9.17, 15) is 8.42 Å². The van der Waals surface area contributed by atoms with Gasteiger partial charge in [0.15, 0.2) is 9.84 Å². The number of unbranched alkanes of at least 4 members (excludes halogenated alkanes) is 1. The van der Waals surface area contributed by atoms with Gasteiger partial charge in [0.05, 0.1) is 19.0 Å². The zero-order valence-electron chi connectivity index (χ0n) is 11.6. The second-order valence-electron chi connectivity index (χ2n) is 4.21. The van der Waals surface area contributed by atoms with Gasteiger partial charge in [-0.05, 0) is 25.8 Å². The molecule has 0 spiro atoms. The molecule has 0 aromatic rings. The lowest BCUT2D eigenvalue weighted by Crippen LogP contribution is -2.25. The molecule has 0 unspecified atom stereocenters. The first-order valence-electron chi connectivity index (χ1n) is 6.60. The minimum absolute atomic E-state index is 0.241. The highest BCUT2D eigenvalue weighted by atomic mass is 32.2. The van der Waals surface area contributed by atoms with E-state index in [0.717, 1.165) is 26.0 Å². The van der Waals surface area contributed by atoms with Gasteiger partial charge < -0.3 is 14.8 Å². The molecule has 5 nitrogen and oxygen atoms in total. The number of methoxy groups -OCH3 is 1. The minimum atomic E-state index is -2.84. The smallest absolute Gasteiger partial charge is 0.151 e. The molecule has 0 radical (unpaired) electrons. The Morgan fingerprint density at radius 3 is 2.44 bits per heavy atom. The predicted octanol–water partition coefficient (Wildman–Crippen LogP) is 0.844. The van der Waals surface area contributed by atoms with Crippen molar-refractivity contribution in [1.82, 2.24) is 5.32 Å². The van der Waals surface area contributed by atoms with E-state index >= 15 is 0 Å². The molecule has 0 heterocycles. The molecule has 6 heteroatoms. The number of sulfone groups is 1. The fraction of sp³-hybridized carbons (Fsp3) is 1.00. The first-order chi connectivity index (χ1) is 8.62. The normalized spacial score (nSPS) is 11.9. The molecule has 0 aromatic heterocycles. The first kappa shape index (κ1) is 17.8. The van der Waals surface area contributed by atoms with Crippen LogP contribution < -0.4 is 5.32 Å². The molecule has 0 aliphatic heterocycles. The van der Waals surface area contributed by atoms with Gasteiger partial charge >= 0.3 is 0 Å². The molecule has 0 rings (SSSR count). The van der Waals surface area contributed by atoms with Crippen molar-refractivity contribution in [1.29, 1.82) is 0 Å². The number of ether oxygens (including phenoxy) is 2. The SMILES string of the molecule is CCCS(=O)(=O)CCNCCCCOCCOC. The Bertz CT molecular complexity index is 267. The Morgan fingerprint density at radius 1 is 1.00 bits per heavy atom. The van der Waals surface area contributed by atoms with Gasteiger partial charge in [-0.3, -0.25) is 0 Å². The van der Waals surface area contributed by atoms with Crippen LogP contribution in [0.25, 0.3) is 0 Å². The topological polar surface area (TPSA) is 64.6 Å². The third kappa shape index (κ3) is 12.3. The van der Waals surface area contributed by atoms with E-state index in [0.29, 0.717) is 31.9 Å². The molecule has 110 valence electrons. The highest BCUT2D eigenvalue weighted by Crippen LogP contribution is 1.93. The average Bonchev–Trinajstić information content (AvgIpc) is 2.31. The molecular weight excluding hydrogens is 254 g/mol. The summed E-state index contributed by atoms with van der Waals surface area (Å²) in [6.07, 6.45) is 2.68. The lowest BCUT2D eigenvalue weighted by Gasteiger charge is -2.06. The van der Waals surface area contributed by atoms with Crippen LogP contribution in [0, 0.1) is 0 Å². The maximum Gasteiger partial charge on any atom is 0.151 e. The van der Waals surface area contributed by atoms with Crippen LogP contribution in [0.3, 0.4) is 0 Å². The van der Waals surface area contributed by atoms with Crippen molar-refractivity contribution in [2.45, 2.75) is 26.2 Å². The fourth-order valence-corrected chi connectivity index (χ4v) is 2.75. The Balaban J connectivity index is 3.21. The van der Waals surface area contributed by atoms with Gasteiger partial charge in [-0.1, -0.05) is 6.92 Å². The van der Waals surface area contributed by atoms with Crippen LogP contribution in [0.2, 0.25) is 0 Å². The molecule has 1 N–H and O–H groups in total. The molecular formula is C12H27NO4S. The van der Waals surface area contributed by atoms with Crippen LogP contribution in [0.4, 0.5) is 0 Å². The van der Waals surface area contributed by atoms with Crippen molar-refractivity contribution < 1.29 is 17.9 Å². The van der Waals surface area contributed by atoms with Crippen LogP contribution in [-0.4, -0.2) is 59.9 Å². The Labute approximate surface area is 111 Å². The lowest BCUT2D eigenvalue weighted by molar-refractivity contribution is 0.0688. The second kappa shape index (κ2) is 11.9. The zero-order valence-corrected chi connectivity index (χ0v) is 12.4. The largest absolute Gasteiger partial charge is 0.382 e. The monoisotopic (exact) mass is 281 g/mol. The maximum atomic E-state index is 11.4. The van der Waals surface area contributed by atoms with E-state index in [1.165, 1.54) is 0 Å². The minimum Gasteiger partial charge on any atom is -0.382 e. The molecule has 0 saturated carbocycles. The van der Waals surface area contributed by atoms with Gasteiger partial charge in [-0.25, -0.2) is 8.42 Å². The molecule has 0 fully saturated rings. The molecule has 0 saturated heterocycles. The average molecular weight is 281 g/mol. The van der Waals surface area contributed by atoms with Crippen LogP contribution in [-0.2, 0) is 19.3 Å². The van der Waals surface area contributed by atoms with Gasteiger partial charge in [-0.15, -0.1) is 0 Å². The standard InChI is InChI=1S/C12H27NO4S/c1-3-11-18(14,15)12-7-13-6-4-5-8-17-10-9-16-2/h13H,3-12H2,1-2H3. The van der Waals surface area contributed by atoms with Crippen LogP contribution in [0.1, 0.15) is 26.2 Å². The zero-order chi connectivity index (χ0) is 13.7. The van der Waals surface area contributed by atoms with Crippen molar-refractivity contribution in [3.05, 3.63) is 0 Å². The number of hydrogen-bond acceptors (Lipinski definition) is 5. The van der Waals surface area contributed by atoms with Gasteiger partial charge in [0.2, 0.25) is 0 Å². The summed E-state index contributed by atoms with van der Waals surface area (Å²) in [6, 6.07) is 0.